The van der Waals surface area contributed by atoms with Gasteiger partial charge in [0.2, 0.25) is 5.78 Å². The van der Waals surface area contributed by atoms with E-state index in [1.165, 1.54) is 26.5 Å². The molecular weight excluding hydrogens is 418 g/mol. The monoisotopic (exact) mass is 443 g/mol. The van der Waals surface area contributed by atoms with Crippen LogP contribution >= 0.6 is 15.9 Å². The van der Waals surface area contributed by atoms with Crippen LogP contribution in [0.3, 0.4) is 0 Å². The molecule has 8 heteroatoms. The van der Waals surface area contributed by atoms with Gasteiger partial charge in [0.05, 0.1) is 43.5 Å². The SMILES string of the molecule is CCOC(=O)/C(=C\NC(CO)C(C)C)C(=O)c1cc(Br)c(OC)cc1OC. The fourth-order valence-corrected chi connectivity index (χ4v) is 2.76. The first kappa shape index (κ1) is 23.0. The van der Waals surface area contributed by atoms with Crippen LogP contribution in [0.1, 0.15) is 31.1 Å². The minimum absolute atomic E-state index is 0.0921. The van der Waals surface area contributed by atoms with Crippen LogP contribution in [0.15, 0.2) is 28.4 Å². The summed E-state index contributed by atoms with van der Waals surface area (Å²) in [4.78, 5) is 25.4. The Bertz CT molecular complexity index is 702. The van der Waals surface area contributed by atoms with E-state index in [1.54, 1.807) is 13.0 Å². The molecule has 0 aromatic heterocycles. The first-order valence-electron chi connectivity index (χ1n) is 8.51. The van der Waals surface area contributed by atoms with Gasteiger partial charge in [-0.25, -0.2) is 4.79 Å². The number of benzene rings is 1. The first-order valence-corrected chi connectivity index (χ1v) is 9.30. The molecule has 0 saturated carbocycles. The van der Waals surface area contributed by atoms with E-state index in [-0.39, 0.29) is 42.1 Å². The van der Waals surface area contributed by atoms with Gasteiger partial charge in [0.25, 0.3) is 0 Å². The van der Waals surface area contributed by atoms with Gasteiger partial charge < -0.3 is 24.6 Å². The predicted octanol–water partition coefficient (Wildman–Crippen LogP) is 2.70. The molecule has 0 aliphatic carbocycles. The van der Waals surface area contributed by atoms with Gasteiger partial charge >= 0.3 is 5.97 Å². The summed E-state index contributed by atoms with van der Waals surface area (Å²) in [5.41, 5.74) is -0.0114. The minimum Gasteiger partial charge on any atom is -0.496 e. The van der Waals surface area contributed by atoms with Crippen molar-refractivity contribution >= 4 is 27.7 Å². The van der Waals surface area contributed by atoms with Crippen molar-refractivity contribution in [3.8, 4) is 11.5 Å². The molecule has 0 spiro atoms. The third-order valence-electron chi connectivity index (χ3n) is 3.90. The average Bonchev–Trinajstić information content (AvgIpc) is 2.64. The lowest BCUT2D eigenvalue weighted by Gasteiger charge is -2.19. The molecule has 0 fully saturated rings. The number of rotatable bonds is 10. The molecule has 0 saturated heterocycles. The summed E-state index contributed by atoms with van der Waals surface area (Å²) >= 11 is 3.33. The van der Waals surface area contributed by atoms with Gasteiger partial charge in [-0.05, 0) is 34.8 Å². The molecule has 0 aliphatic rings. The fourth-order valence-electron chi connectivity index (χ4n) is 2.25. The molecular formula is C19H26BrNO6. The lowest BCUT2D eigenvalue weighted by atomic mass is 10.0. The van der Waals surface area contributed by atoms with E-state index in [1.807, 2.05) is 13.8 Å². The van der Waals surface area contributed by atoms with E-state index in [4.69, 9.17) is 14.2 Å². The molecule has 1 aromatic carbocycles. The average molecular weight is 444 g/mol. The number of halogens is 1. The number of carbonyl (C=O) groups is 2. The van der Waals surface area contributed by atoms with Crippen LogP contribution in [0.2, 0.25) is 0 Å². The van der Waals surface area contributed by atoms with E-state index < -0.39 is 11.8 Å². The minimum atomic E-state index is -0.760. The molecule has 2 N–H and O–H groups in total. The summed E-state index contributed by atoms with van der Waals surface area (Å²) in [6.45, 7) is 5.47. The standard InChI is InChI=1S/C19H26BrNO6/c1-6-27-19(24)13(9-21-15(10-22)11(2)3)18(23)12-7-14(20)17(26-5)8-16(12)25-4/h7-9,11,15,21-22H,6,10H2,1-5H3/b13-9-. The normalized spacial score (nSPS) is 12.5. The number of esters is 1. The predicted molar refractivity (Wildman–Crippen MR) is 105 cm³/mol. The Balaban J connectivity index is 3.36. The van der Waals surface area contributed by atoms with Gasteiger partial charge in [0.1, 0.15) is 17.1 Å². The van der Waals surface area contributed by atoms with Gasteiger partial charge in [0.15, 0.2) is 0 Å². The van der Waals surface area contributed by atoms with E-state index in [0.29, 0.717) is 10.2 Å². The quantitative estimate of drug-likeness (QED) is 0.188. The third-order valence-corrected chi connectivity index (χ3v) is 4.52. The number of methoxy groups -OCH3 is 2. The van der Waals surface area contributed by atoms with Crippen molar-refractivity contribution in [3.63, 3.8) is 0 Å². The molecule has 0 heterocycles. The molecule has 0 aliphatic heterocycles. The smallest absolute Gasteiger partial charge is 0.343 e. The molecule has 1 unspecified atom stereocenters. The van der Waals surface area contributed by atoms with Crippen LogP contribution in [-0.4, -0.2) is 50.3 Å². The van der Waals surface area contributed by atoms with E-state index in [2.05, 4.69) is 21.2 Å². The fraction of sp³-hybridized carbons (Fsp3) is 0.474. The number of ketones is 1. The number of aliphatic hydroxyl groups is 1. The zero-order valence-electron chi connectivity index (χ0n) is 16.2. The highest BCUT2D eigenvalue weighted by molar-refractivity contribution is 9.10. The van der Waals surface area contributed by atoms with Gasteiger partial charge in [0, 0.05) is 12.3 Å². The number of hydrogen-bond donors (Lipinski definition) is 2. The first-order chi connectivity index (χ1) is 12.8. The summed E-state index contributed by atoms with van der Waals surface area (Å²) in [5, 5.41) is 12.4. The molecule has 0 radical (unpaired) electrons. The number of Topliss-reactive ketones (excluding diaryl/α,β-unsaturated/α-hetero) is 1. The number of aliphatic hydroxyl groups excluding tert-OH is 1. The second-order valence-electron chi connectivity index (χ2n) is 5.99. The van der Waals surface area contributed by atoms with Gasteiger partial charge in [-0.2, -0.15) is 0 Å². The molecule has 1 rings (SSSR count). The second kappa shape index (κ2) is 10.9. The Hall–Kier alpha value is -2.06. The van der Waals surface area contributed by atoms with Crippen LogP contribution in [-0.2, 0) is 9.53 Å². The molecule has 27 heavy (non-hydrogen) atoms. The van der Waals surface area contributed by atoms with Crippen LogP contribution < -0.4 is 14.8 Å². The summed E-state index contributed by atoms with van der Waals surface area (Å²) in [5.74, 6) is -0.485. The highest BCUT2D eigenvalue weighted by Crippen LogP contribution is 2.34. The Labute approximate surface area is 167 Å². The largest absolute Gasteiger partial charge is 0.496 e. The van der Waals surface area contributed by atoms with Crippen LogP contribution in [0.4, 0.5) is 0 Å². The van der Waals surface area contributed by atoms with Gasteiger partial charge in [-0.3, -0.25) is 4.79 Å². The zero-order valence-corrected chi connectivity index (χ0v) is 17.8. The number of hydrogen-bond acceptors (Lipinski definition) is 7. The van der Waals surface area contributed by atoms with E-state index in [9.17, 15) is 14.7 Å². The van der Waals surface area contributed by atoms with Crippen molar-refractivity contribution in [2.24, 2.45) is 5.92 Å². The molecule has 1 atom stereocenters. The summed E-state index contributed by atoms with van der Waals surface area (Å²) in [7, 11) is 2.92. The molecule has 0 bridgehead atoms. The lowest BCUT2D eigenvalue weighted by Crippen LogP contribution is -2.34. The van der Waals surface area contributed by atoms with Gasteiger partial charge in [-0.15, -0.1) is 0 Å². The lowest BCUT2D eigenvalue weighted by molar-refractivity contribution is -0.138. The van der Waals surface area contributed by atoms with Crippen molar-refractivity contribution in [3.05, 3.63) is 33.9 Å². The molecule has 1 aromatic rings. The molecule has 7 nitrogen and oxygen atoms in total. The van der Waals surface area contributed by atoms with Crippen molar-refractivity contribution in [1.82, 2.24) is 5.32 Å². The van der Waals surface area contributed by atoms with Crippen molar-refractivity contribution < 1.29 is 28.9 Å². The summed E-state index contributed by atoms with van der Waals surface area (Å²) < 4.78 is 16.0. The number of carbonyl (C=O) groups excluding carboxylic acids is 2. The van der Waals surface area contributed by atoms with Crippen LogP contribution in [0.5, 0.6) is 11.5 Å². The molecule has 0 amide bonds. The maximum absolute atomic E-state index is 13.1. The highest BCUT2D eigenvalue weighted by Gasteiger charge is 2.26. The highest BCUT2D eigenvalue weighted by atomic mass is 79.9. The van der Waals surface area contributed by atoms with Crippen molar-refractivity contribution in [2.75, 3.05) is 27.4 Å². The Morgan fingerprint density at radius 1 is 1.22 bits per heavy atom. The molecule has 150 valence electrons. The third kappa shape index (κ3) is 5.97. The maximum Gasteiger partial charge on any atom is 0.343 e. The topological polar surface area (TPSA) is 94.1 Å². The van der Waals surface area contributed by atoms with E-state index >= 15 is 0 Å². The van der Waals surface area contributed by atoms with Crippen molar-refractivity contribution in [1.29, 1.82) is 0 Å². The Morgan fingerprint density at radius 2 is 1.85 bits per heavy atom. The van der Waals surface area contributed by atoms with Crippen molar-refractivity contribution in [2.45, 2.75) is 26.8 Å². The van der Waals surface area contributed by atoms with Crippen LogP contribution in [0.25, 0.3) is 0 Å². The summed E-state index contributed by atoms with van der Waals surface area (Å²) in [6.07, 6.45) is 1.29. The summed E-state index contributed by atoms with van der Waals surface area (Å²) in [6, 6.07) is 2.77. The van der Waals surface area contributed by atoms with E-state index in [0.717, 1.165) is 0 Å². The zero-order chi connectivity index (χ0) is 20.6. The Morgan fingerprint density at radius 3 is 2.33 bits per heavy atom. The van der Waals surface area contributed by atoms with Gasteiger partial charge in [-0.1, -0.05) is 13.8 Å². The number of ether oxygens (including phenoxy) is 3. The number of nitrogens with one attached hydrogen (secondary N) is 1. The maximum atomic E-state index is 13.1. The second-order valence-corrected chi connectivity index (χ2v) is 6.85. The Kier molecular flexibility index (Phi) is 9.31. The van der Waals surface area contributed by atoms with Crippen LogP contribution in [0, 0.1) is 5.92 Å².